The van der Waals surface area contributed by atoms with E-state index in [1.807, 2.05) is 13.4 Å². The SMILES string of the molecule is CCC(NC)c1ccccc1N1CCn2cnnc2C1. The van der Waals surface area contributed by atoms with Crippen LogP contribution in [0.1, 0.15) is 30.8 Å². The van der Waals surface area contributed by atoms with E-state index in [9.17, 15) is 0 Å². The van der Waals surface area contributed by atoms with Crippen LogP contribution in [-0.2, 0) is 13.1 Å². The van der Waals surface area contributed by atoms with Crippen molar-refractivity contribution in [1.82, 2.24) is 20.1 Å². The van der Waals surface area contributed by atoms with Crippen molar-refractivity contribution < 1.29 is 0 Å². The third-order valence-corrected chi connectivity index (χ3v) is 4.05. The Morgan fingerprint density at radius 3 is 2.95 bits per heavy atom. The van der Waals surface area contributed by atoms with E-state index < -0.39 is 0 Å². The number of nitrogens with one attached hydrogen (secondary N) is 1. The maximum atomic E-state index is 4.20. The molecule has 106 valence electrons. The van der Waals surface area contributed by atoms with Crippen LogP contribution >= 0.6 is 0 Å². The predicted molar refractivity (Wildman–Crippen MR) is 79.6 cm³/mol. The second-order valence-corrected chi connectivity index (χ2v) is 5.17. The highest BCUT2D eigenvalue weighted by Crippen LogP contribution is 2.30. The molecular formula is C15H21N5. The summed E-state index contributed by atoms with van der Waals surface area (Å²) in [5, 5.41) is 11.6. The molecule has 0 amide bonds. The topological polar surface area (TPSA) is 46.0 Å². The number of nitrogens with zero attached hydrogens (tertiary/aromatic N) is 4. The number of aromatic nitrogens is 3. The first kappa shape index (κ1) is 13.1. The summed E-state index contributed by atoms with van der Waals surface area (Å²) < 4.78 is 2.13. The van der Waals surface area contributed by atoms with Crippen molar-refractivity contribution in [2.75, 3.05) is 18.5 Å². The maximum Gasteiger partial charge on any atom is 0.152 e. The third kappa shape index (κ3) is 2.29. The number of para-hydroxylation sites is 1. The molecule has 5 heteroatoms. The zero-order valence-electron chi connectivity index (χ0n) is 12.1. The van der Waals surface area contributed by atoms with Crippen LogP contribution in [0.2, 0.25) is 0 Å². The number of hydrogen-bond donors (Lipinski definition) is 1. The number of benzene rings is 1. The Morgan fingerprint density at radius 1 is 1.30 bits per heavy atom. The van der Waals surface area contributed by atoms with E-state index >= 15 is 0 Å². The van der Waals surface area contributed by atoms with Gasteiger partial charge in [0.05, 0.1) is 6.54 Å². The third-order valence-electron chi connectivity index (χ3n) is 4.05. The average molecular weight is 271 g/mol. The molecule has 0 aliphatic carbocycles. The number of rotatable bonds is 4. The molecule has 1 unspecified atom stereocenters. The first-order chi connectivity index (χ1) is 9.83. The molecule has 1 aromatic carbocycles. The van der Waals surface area contributed by atoms with Gasteiger partial charge in [0.15, 0.2) is 5.82 Å². The van der Waals surface area contributed by atoms with Crippen molar-refractivity contribution in [2.24, 2.45) is 0 Å². The summed E-state index contributed by atoms with van der Waals surface area (Å²) in [7, 11) is 2.03. The van der Waals surface area contributed by atoms with Crippen LogP contribution in [0.4, 0.5) is 5.69 Å². The van der Waals surface area contributed by atoms with Gasteiger partial charge in [-0.3, -0.25) is 0 Å². The van der Waals surface area contributed by atoms with Crippen LogP contribution in [0.3, 0.4) is 0 Å². The standard InChI is InChI=1S/C15H21N5/c1-3-13(16-2)12-6-4-5-7-14(12)19-8-9-20-11-17-18-15(20)10-19/h4-7,11,13,16H,3,8-10H2,1-2H3. The molecule has 1 atom stereocenters. The van der Waals surface area contributed by atoms with Gasteiger partial charge in [-0.25, -0.2) is 0 Å². The van der Waals surface area contributed by atoms with E-state index in [1.165, 1.54) is 11.3 Å². The Hall–Kier alpha value is -1.88. The van der Waals surface area contributed by atoms with Crippen LogP contribution in [-0.4, -0.2) is 28.4 Å². The molecule has 1 N–H and O–H groups in total. The van der Waals surface area contributed by atoms with Crippen molar-refractivity contribution in [3.63, 3.8) is 0 Å². The second-order valence-electron chi connectivity index (χ2n) is 5.17. The molecule has 0 saturated carbocycles. The van der Waals surface area contributed by atoms with E-state index in [-0.39, 0.29) is 0 Å². The normalized spacial score (nSPS) is 16.0. The average Bonchev–Trinajstić information content (AvgIpc) is 2.96. The summed E-state index contributed by atoms with van der Waals surface area (Å²) in [5.74, 6) is 1.04. The second kappa shape index (κ2) is 5.63. The van der Waals surface area contributed by atoms with Crippen LogP contribution in [0, 0.1) is 0 Å². The number of anilines is 1. The summed E-state index contributed by atoms with van der Waals surface area (Å²) in [6, 6.07) is 9.05. The van der Waals surface area contributed by atoms with Crippen LogP contribution in [0.5, 0.6) is 0 Å². The van der Waals surface area contributed by atoms with E-state index in [1.54, 1.807) is 0 Å². The van der Waals surface area contributed by atoms with Gasteiger partial charge in [0.2, 0.25) is 0 Å². The lowest BCUT2D eigenvalue weighted by molar-refractivity contribution is 0.544. The van der Waals surface area contributed by atoms with Gasteiger partial charge < -0.3 is 14.8 Å². The zero-order chi connectivity index (χ0) is 13.9. The smallest absolute Gasteiger partial charge is 0.152 e. The van der Waals surface area contributed by atoms with E-state index in [0.29, 0.717) is 6.04 Å². The van der Waals surface area contributed by atoms with E-state index in [0.717, 1.165) is 31.9 Å². The molecule has 0 bridgehead atoms. The van der Waals surface area contributed by atoms with Gasteiger partial charge in [0, 0.05) is 24.8 Å². The quantitative estimate of drug-likeness (QED) is 0.923. The van der Waals surface area contributed by atoms with Crippen molar-refractivity contribution in [2.45, 2.75) is 32.5 Å². The molecule has 1 aromatic heterocycles. The Morgan fingerprint density at radius 2 is 2.15 bits per heavy atom. The molecule has 1 aliphatic rings. The highest BCUT2D eigenvalue weighted by molar-refractivity contribution is 5.55. The fraction of sp³-hybridized carbons (Fsp3) is 0.467. The molecule has 0 radical (unpaired) electrons. The Labute approximate surface area is 119 Å². The zero-order valence-corrected chi connectivity index (χ0v) is 12.1. The van der Waals surface area contributed by atoms with Gasteiger partial charge >= 0.3 is 0 Å². The maximum absolute atomic E-state index is 4.20. The van der Waals surface area contributed by atoms with Crippen LogP contribution < -0.4 is 10.2 Å². The van der Waals surface area contributed by atoms with Crippen molar-refractivity contribution >= 4 is 5.69 Å². The molecule has 0 fully saturated rings. The molecule has 0 spiro atoms. The summed E-state index contributed by atoms with van der Waals surface area (Å²) in [6.45, 7) is 5.00. The minimum absolute atomic E-state index is 0.394. The highest BCUT2D eigenvalue weighted by atomic mass is 15.3. The van der Waals surface area contributed by atoms with Crippen LogP contribution in [0.15, 0.2) is 30.6 Å². The van der Waals surface area contributed by atoms with Crippen LogP contribution in [0.25, 0.3) is 0 Å². The van der Waals surface area contributed by atoms with Crippen molar-refractivity contribution in [3.05, 3.63) is 42.0 Å². The van der Waals surface area contributed by atoms with Gasteiger partial charge in [-0.15, -0.1) is 10.2 Å². The minimum Gasteiger partial charge on any atom is -0.362 e. The lowest BCUT2D eigenvalue weighted by Gasteiger charge is -2.32. The predicted octanol–water partition coefficient (Wildman–Crippen LogP) is 1.97. The highest BCUT2D eigenvalue weighted by Gasteiger charge is 2.21. The molecule has 3 rings (SSSR count). The van der Waals surface area contributed by atoms with Gasteiger partial charge in [-0.2, -0.15) is 0 Å². The summed E-state index contributed by atoms with van der Waals surface area (Å²) in [6.07, 6.45) is 2.90. The molecule has 0 saturated heterocycles. The van der Waals surface area contributed by atoms with Gasteiger partial charge in [-0.05, 0) is 25.1 Å². The van der Waals surface area contributed by atoms with Crippen molar-refractivity contribution in [1.29, 1.82) is 0 Å². The molecule has 20 heavy (non-hydrogen) atoms. The minimum atomic E-state index is 0.394. The fourth-order valence-corrected chi connectivity index (χ4v) is 2.92. The largest absolute Gasteiger partial charge is 0.362 e. The molecule has 1 aliphatic heterocycles. The fourth-order valence-electron chi connectivity index (χ4n) is 2.92. The lowest BCUT2D eigenvalue weighted by Crippen LogP contribution is -2.34. The first-order valence-electron chi connectivity index (χ1n) is 7.21. The number of hydrogen-bond acceptors (Lipinski definition) is 4. The summed E-state index contributed by atoms with van der Waals surface area (Å²) in [5.41, 5.74) is 2.67. The van der Waals surface area contributed by atoms with E-state index in [2.05, 4.69) is 56.2 Å². The van der Waals surface area contributed by atoms with Gasteiger partial charge in [0.25, 0.3) is 0 Å². The Balaban J connectivity index is 1.91. The summed E-state index contributed by atoms with van der Waals surface area (Å²) >= 11 is 0. The monoisotopic (exact) mass is 271 g/mol. The number of fused-ring (bicyclic) bond motifs is 1. The molecule has 5 nitrogen and oxygen atoms in total. The molecular weight excluding hydrogens is 250 g/mol. The molecule has 2 heterocycles. The summed E-state index contributed by atoms with van der Waals surface area (Å²) in [4.78, 5) is 2.40. The Kier molecular flexibility index (Phi) is 3.69. The Bertz CT molecular complexity index is 573. The lowest BCUT2D eigenvalue weighted by atomic mass is 10.0. The molecule has 2 aromatic rings. The van der Waals surface area contributed by atoms with E-state index in [4.69, 9.17) is 0 Å². The first-order valence-corrected chi connectivity index (χ1v) is 7.21. The van der Waals surface area contributed by atoms with Crippen molar-refractivity contribution in [3.8, 4) is 0 Å². The van der Waals surface area contributed by atoms with Gasteiger partial charge in [-0.1, -0.05) is 25.1 Å². The van der Waals surface area contributed by atoms with Gasteiger partial charge in [0.1, 0.15) is 6.33 Å².